The standard InChI is InChI=1S/C13H16F3N3O/c1-12(5-6-12)11(20)19(2)18-8-10-4-3-9(7-17-10)13(14,15)16/h3-4,7,18H,5-6,8H2,1-2H3. The maximum atomic E-state index is 12.4. The van der Waals surface area contributed by atoms with E-state index in [0.29, 0.717) is 5.69 Å². The smallest absolute Gasteiger partial charge is 0.280 e. The van der Waals surface area contributed by atoms with E-state index in [0.717, 1.165) is 25.1 Å². The Kier molecular flexibility index (Phi) is 3.73. The van der Waals surface area contributed by atoms with Gasteiger partial charge < -0.3 is 0 Å². The van der Waals surface area contributed by atoms with E-state index in [1.807, 2.05) is 6.92 Å². The number of nitrogens with one attached hydrogen (secondary N) is 1. The van der Waals surface area contributed by atoms with E-state index in [1.54, 1.807) is 7.05 Å². The van der Waals surface area contributed by atoms with Gasteiger partial charge in [-0.25, -0.2) is 5.43 Å². The van der Waals surface area contributed by atoms with Gasteiger partial charge in [0.1, 0.15) is 0 Å². The van der Waals surface area contributed by atoms with E-state index in [9.17, 15) is 18.0 Å². The molecule has 1 N–H and O–H groups in total. The topological polar surface area (TPSA) is 45.2 Å². The molecular formula is C13H16F3N3O. The lowest BCUT2D eigenvalue weighted by molar-refractivity contribution is -0.138. The monoisotopic (exact) mass is 287 g/mol. The molecule has 0 unspecified atom stereocenters. The minimum absolute atomic E-state index is 0.00980. The Morgan fingerprint density at radius 1 is 1.45 bits per heavy atom. The summed E-state index contributed by atoms with van der Waals surface area (Å²) in [5.74, 6) is -0.00980. The molecule has 1 saturated carbocycles. The number of rotatable bonds is 4. The van der Waals surface area contributed by atoms with Crippen LogP contribution in [0.1, 0.15) is 31.0 Å². The second-order valence-electron chi connectivity index (χ2n) is 5.30. The third kappa shape index (κ3) is 3.27. The van der Waals surface area contributed by atoms with Crippen LogP contribution in [-0.4, -0.2) is 22.9 Å². The molecule has 0 atom stereocenters. The van der Waals surface area contributed by atoms with E-state index in [-0.39, 0.29) is 17.9 Å². The molecular weight excluding hydrogens is 271 g/mol. The van der Waals surface area contributed by atoms with Crippen LogP contribution in [0.2, 0.25) is 0 Å². The second-order valence-corrected chi connectivity index (χ2v) is 5.30. The van der Waals surface area contributed by atoms with Gasteiger partial charge in [-0.2, -0.15) is 13.2 Å². The van der Waals surface area contributed by atoms with Crippen molar-refractivity contribution in [1.29, 1.82) is 0 Å². The van der Waals surface area contributed by atoms with Crippen molar-refractivity contribution < 1.29 is 18.0 Å². The first-order chi connectivity index (χ1) is 9.22. The summed E-state index contributed by atoms with van der Waals surface area (Å²) in [5, 5.41) is 1.38. The van der Waals surface area contributed by atoms with Crippen molar-refractivity contribution in [1.82, 2.24) is 15.4 Å². The molecule has 2 rings (SSSR count). The Bertz CT molecular complexity index is 495. The van der Waals surface area contributed by atoms with Crippen LogP contribution in [0.4, 0.5) is 13.2 Å². The van der Waals surface area contributed by atoms with Crippen LogP contribution in [0.25, 0.3) is 0 Å². The van der Waals surface area contributed by atoms with Crippen LogP contribution in [0.5, 0.6) is 0 Å². The van der Waals surface area contributed by atoms with Crippen molar-refractivity contribution in [2.24, 2.45) is 5.41 Å². The van der Waals surface area contributed by atoms with Crippen LogP contribution in [0.3, 0.4) is 0 Å². The van der Waals surface area contributed by atoms with E-state index >= 15 is 0 Å². The van der Waals surface area contributed by atoms with Crippen molar-refractivity contribution in [3.8, 4) is 0 Å². The van der Waals surface area contributed by atoms with Crippen LogP contribution in [0, 0.1) is 5.41 Å². The van der Waals surface area contributed by atoms with Gasteiger partial charge in [-0.3, -0.25) is 14.8 Å². The van der Waals surface area contributed by atoms with Gasteiger partial charge in [0.25, 0.3) is 0 Å². The zero-order chi connectivity index (χ0) is 15.0. The Morgan fingerprint density at radius 2 is 2.10 bits per heavy atom. The summed E-state index contributed by atoms with van der Waals surface area (Å²) in [7, 11) is 1.61. The van der Waals surface area contributed by atoms with E-state index in [2.05, 4.69) is 10.4 Å². The van der Waals surface area contributed by atoms with Crippen molar-refractivity contribution in [2.45, 2.75) is 32.5 Å². The predicted molar refractivity (Wildman–Crippen MR) is 66.2 cm³/mol. The van der Waals surface area contributed by atoms with Crippen LogP contribution in [-0.2, 0) is 17.5 Å². The highest BCUT2D eigenvalue weighted by molar-refractivity contribution is 5.84. The number of amides is 1. The number of aromatic nitrogens is 1. The molecule has 0 bridgehead atoms. The summed E-state index contributed by atoms with van der Waals surface area (Å²) >= 11 is 0. The van der Waals surface area contributed by atoms with Gasteiger partial charge in [0.2, 0.25) is 5.91 Å². The SMILES string of the molecule is CN(NCc1ccc(C(F)(F)F)cn1)C(=O)C1(C)CC1. The molecule has 0 spiro atoms. The van der Waals surface area contributed by atoms with E-state index in [1.165, 1.54) is 11.1 Å². The first kappa shape index (κ1) is 14.8. The highest BCUT2D eigenvalue weighted by Gasteiger charge is 2.46. The lowest BCUT2D eigenvalue weighted by Crippen LogP contribution is -2.42. The van der Waals surface area contributed by atoms with Crippen LogP contribution < -0.4 is 5.43 Å². The van der Waals surface area contributed by atoms with Gasteiger partial charge in [-0.1, -0.05) is 6.92 Å². The van der Waals surface area contributed by atoms with Gasteiger partial charge >= 0.3 is 6.18 Å². The number of hydrazine groups is 1. The molecule has 7 heteroatoms. The lowest BCUT2D eigenvalue weighted by atomic mass is 10.1. The Morgan fingerprint density at radius 3 is 2.55 bits per heavy atom. The van der Waals surface area contributed by atoms with Gasteiger partial charge in [0.05, 0.1) is 17.8 Å². The van der Waals surface area contributed by atoms with Crippen molar-refractivity contribution in [3.63, 3.8) is 0 Å². The Hall–Kier alpha value is -1.63. The molecule has 1 fully saturated rings. The summed E-state index contributed by atoms with van der Waals surface area (Å²) in [6.07, 6.45) is -1.85. The van der Waals surface area contributed by atoms with Gasteiger partial charge in [0.15, 0.2) is 0 Å². The molecule has 0 aliphatic heterocycles. The first-order valence-corrected chi connectivity index (χ1v) is 6.26. The molecule has 4 nitrogen and oxygen atoms in total. The molecule has 0 radical (unpaired) electrons. The molecule has 1 amide bonds. The zero-order valence-electron chi connectivity index (χ0n) is 11.3. The number of alkyl halides is 3. The van der Waals surface area contributed by atoms with E-state index < -0.39 is 11.7 Å². The van der Waals surface area contributed by atoms with Gasteiger partial charge in [0, 0.05) is 18.7 Å². The van der Waals surface area contributed by atoms with Crippen molar-refractivity contribution >= 4 is 5.91 Å². The predicted octanol–water partition coefficient (Wildman–Crippen LogP) is 2.36. The molecule has 20 heavy (non-hydrogen) atoms. The summed E-state index contributed by atoms with van der Waals surface area (Å²) in [5.41, 5.74) is 2.22. The molecule has 1 aromatic heterocycles. The fourth-order valence-electron chi connectivity index (χ4n) is 1.77. The zero-order valence-corrected chi connectivity index (χ0v) is 11.3. The number of nitrogens with zero attached hydrogens (tertiary/aromatic N) is 2. The molecule has 1 heterocycles. The van der Waals surface area contributed by atoms with Crippen molar-refractivity contribution in [2.75, 3.05) is 7.05 Å². The number of hydrogen-bond acceptors (Lipinski definition) is 3. The normalized spacial score (nSPS) is 16.9. The minimum atomic E-state index is -4.38. The Labute approximate surface area is 115 Å². The number of carbonyl (C=O) groups is 1. The molecule has 1 aromatic rings. The highest BCUT2D eigenvalue weighted by Crippen LogP contribution is 2.46. The maximum absolute atomic E-state index is 12.4. The number of pyridine rings is 1. The van der Waals surface area contributed by atoms with Crippen molar-refractivity contribution in [3.05, 3.63) is 29.6 Å². The van der Waals surface area contributed by atoms with Crippen LogP contribution in [0.15, 0.2) is 18.3 Å². The summed E-state index contributed by atoms with van der Waals surface area (Å²) in [4.78, 5) is 15.7. The molecule has 1 aliphatic rings. The number of hydrogen-bond donors (Lipinski definition) is 1. The van der Waals surface area contributed by atoms with Gasteiger partial charge in [-0.05, 0) is 25.0 Å². The average molecular weight is 287 g/mol. The van der Waals surface area contributed by atoms with E-state index in [4.69, 9.17) is 0 Å². The minimum Gasteiger partial charge on any atom is -0.280 e. The quantitative estimate of drug-likeness (QED) is 0.865. The average Bonchev–Trinajstić information content (AvgIpc) is 3.14. The highest BCUT2D eigenvalue weighted by atomic mass is 19.4. The summed E-state index contributed by atoms with van der Waals surface area (Å²) in [6.45, 7) is 2.10. The first-order valence-electron chi connectivity index (χ1n) is 6.26. The Balaban J connectivity index is 1.89. The number of carbonyl (C=O) groups excluding carboxylic acids is 1. The van der Waals surface area contributed by atoms with Crippen LogP contribution >= 0.6 is 0 Å². The molecule has 1 aliphatic carbocycles. The fourth-order valence-corrected chi connectivity index (χ4v) is 1.77. The fraction of sp³-hybridized carbons (Fsp3) is 0.538. The summed E-state index contributed by atoms with van der Waals surface area (Å²) in [6, 6.07) is 2.28. The molecule has 0 aromatic carbocycles. The van der Waals surface area contributed by atoms with Gasteiger partial charge in [-0.15, -0.1) is 0 Å². The third-order valence-corrected chi connectivity index (χ3v) is 3.47. The second kappa shape index (κ2) is 5.05. The molecule has 0 saturated heterocycles. The maximum Gasteiger partial charge on any atom is 0.417 e. The lowest BCUT2D eigenvalue weighted by Gasteiger charge is -2.21. The number of halogens is 3. The molecule has 110 valence electrons. The third-order valence-electron chi connectivity index (χ3n) is 3.47. The largest absolute Gasteiger partial charge is 0.417 e. The summed E-state index contributed by atoms with van der Waals surface area (Å²) < 4.78 is 37.1.